The van der Waals surface area contributed by atoms with Gasteiger partial charge in [-0.15, -0.1) is 0 Å². The largest absolute Gasteiger partial charge is 0.0538 e. The first kappa shape index (κ1) is 36.0. The molecule has 0 spiro atoms. The van der Waals surface area contributed by atoms with E-state index in [1.807, 2.05) is 30.9 Å². The zero-order valence-corrected chi connectivity index (χ0v) is 32.5. The normalized spacial score (nSPS) is 15.2. The molecule has 0 bridgehead atoms. The second kappa shape index (κ2) is 17.9. The van der Waals surface area contributed by atoms with E-state index in [4.69, 9.17) is 4.74 Å². The monoisotopic (exact) mass is 856 g/mol. The fourth-order valence-electron chi connectivity index (χ4n) is 6.38. The summed E-state index contributed by atoms with van der Waals surface area (Å²) in [6.07, 6.45) is 14.3. The summed E-state index contributed by atoms with van der Waals surface area (Å²) in [7, 11) is -2.39. The number of rotatable bonds is 9. The van der Waals surface area contributed by atoms with Crippen LogP contribution >= 0.6 is 7.26 Å². The van der Waals surface area contributed by atoms with Crippen LogP contribution in [0.3, 0.4) is 0 Å². The maximum absolute atomic E-state index is 6.01. The van der Waals surface area contributed by atoms with Crippen LogP contribution in [0.1, 0.15) is 42.5 Å². The van der Waals surface area contributed by atoms with E-state index < -0.39 is 7.26 Å². The van der Waals surface area contributed by atoms with Gasteiger partial charge in [0.15, 0.2) is 0 Å². The van der Waals surface area contributed by atoms with E-state index in [-0.39, 0.29) is 0 Å². The van der Waals surface area contributed by atoms with Gasteiger partial charge in [0, 0.05) is 0 Å². The molecular formula is C48H41OOsP+. The molecule has 0 amide bonds. The first-order valence-electron chi connectivity index (χ1n) is 17.3. The van der Waals surface area contributed by atoms with Crippen molar-refractivity contribution in [3.63, 3.8) is 0 Å². The van der Waals surface area contributed by atoms with Crippen LogP contribution in [0, 0.1) is 16.2 Å². The molecule has 0 saturated carbocycles. The maximum atomic E-state index is 6.01. The SMILES string of the molecule is C/C=C/c1ccc(C#Cc2ccc(/C=C/C(C=C3COCC3=CCC)=C([C]#[Os])[P+](c3ccccc3)(c3ccccc3)c3ccccc3)cc2)cc1. The standard InChI is InChI=1S/C48H41OP.Os/c1-4-15-39-23-25-40(26-24-39)27-28-41-29-31-42(32-30-41)33-34-43(35-45-37-49-36-44(45)16-5-2)38(3)50(46-17-9-6-10-18-46,47-19-11-7-12-20-47)48-21-13-8-14-22-48;/h4,6-26,29-35H,5,36-37H2,1-2H3;/q+1;/b15-4+,34-33+,43-38?,44-16?,45-35?;. The first-order valence-corrected chi connectivity index (χ1v) is 20.4. The van der Waals surface area contributed by atoms with E-state index >= 15 is 0 Å². The minimum atomic E-state index is -2.39. The Morgan fingerprint density at radius 3 is 1.57 bits per heavy atom. The van der Waals surface area contributed by atoms with E-state index in [0.717, 1.165) is 28.7 Å². The van der Waals surface area contributed by atoms with Crippen molar-refractivity contribution in [2.75, 3.05) is 13.2 Å². The van der Waals surface area contributed by atoms with Crippen LogP contribution in [0.25, 0.3) is 12.2 Å². The molecule has 1 fully saturated rings. The third-order valence-corrected chi connectivity index (χ3v) is 14.2. The minimum absolute atomic E-state index is 0.599. The third-order valence-electron chi connectivity index (χ3n) is 8.82. The molecule has 251 valence electrons. The zero-order valence-electron chi connectivity index (χ0n) is 29.1. The summed E-state index contributed by atoms with van der Waals surface area (Å²) < 4.78 is 9.84. The molecule has 5 aromatic carbocycles. The molecule has 1 heterocycles. The van der Waals surface area contributed by atoms with Gasteiger partial charge >= 0.3 is 267 Å². The molecule has 0 aliphatic carbocycles. The molecule has 1 nitrogen and oxygen atoms in total. The van der Waals surface area contributed by atoms with Gasteiger partial charge in [0.2, 0.25) is 0 Å². The maximum Gasteiger partial charge on any atom is -0.0459 e. The first-order chi connectivity index (χ1) is 25.1. The van der Waals surface area contributed by atoms with Crippen molar-refractivity contribution in [1.82, 2.24) is 0 Å². The molecule has 1 aliphatic rings. The van der Waals surface area contributed by atoms with Gasteiger partial charge in [0.1, 0.15) is 0 Å². The molecule has 3 heteroatoms. The van der Waals surface area contributed by atoms with Gasteiger partial charge in [-0.3, -0.25) is 0 Å². The van der Waals surface area contributed by atoms with Crippen LogP contribution in [-0.2, 0) is 22.7 Å². The predicted molar refractivity (Wildman–Crippen MR) is 216 cm³/mol. The topological polar surface area (TPSA) is 9.23 Å². The van der Waals surface area contributed by atoms with Crippen LogP contribution in [0.2, 0.25) is 0 Å². The Morgan fingerprint density at radius 1 is 0.647 bits per heavy atom. The van der Waals surface area contributed by atoms with Crippen molar-refractivity contribution < 1.29 is 22.7 Å². The molecule has 1 saturated heterocycles. The molecule has 0 radical (unpaired) electrons. The molecule has 0 unspecified atom stereocenters. The van der Waals surface area contributed by atoms with Crippen LogP contribution in [0.4, 0.5) is 0 Å². The van der Waals surface area contributed by atoms with E-state index in [1.165, 1.54) is 37.9 Å². The Hall–Kier alpha value is -4.83. The Bertz CT molecular complexity index is 2090. The van der Waals surface area contributed by atoms with Crippen LogP contribution < -0.4 is 15.9 Å². The van der Waals surface area contributed by atoms with Crippen molar-refractivity contribution in [2.24, 2.45) is 0 Å². The molecular weight excluding hydrogens is 814 g/mol. The third kappa shape index (κ3) is 8.56. The Labute approximate surface area is 314 Å². The Balaban J connectivity index is 1.50. The van der Waals surface area contributed by atoms with Gasteiger partial charge in [-0.1, -0.05) is 24.3 Å². The summed E-state index contributed by atoms with van der Waals surface area (Å²) >= 11 is 1.81. The summed E-state index contributed by atoms with van der Waals surface area (Å²) in [5, 5.41) is 5.10. The van der Waals surface area contributed by atoms with Gasteiger partial charge in [-0.25, -0.2) is 0 Å². The fraction of sp³-hybridized carbons (Fsp3) is 0.104. The van der Waals surface area contributed by atoms with Crippen molar-refractivity contribution in [3.8, 4) is 16.2 Å². The molecule has 6 rings (SSSR count). The molecule has 0 N–H and O–H groups in total. The van der Waals surface area contributed by atoms with E-state index in [1.54, 1.807) is 0 Å². The van der Waals surface area contributed by atoms with E-state index in [9.17, 15) is 0 Å². The summed E-state index contributed by atoms with van der Waals surface area (Å²) in [5.74, 6) is 6.65. The molecule has 1 aliphatic heterocycles. The average molecular weight is 855 g/mol. The predicted octanol–water partition coefficient (Wildman–Crippen LogP) is 10.2. The minimum Gasteiger partial charge on any atom is -0.0538 e. The van der Waals surface area contributed by atoms with Crippen LogP contribution in [0.15, 0.2) is 186 Å². The van der Waals surface area contributed by atoms with E-state index in [2.05, 4.69) is 193 Å². The molecule has 0 atom stereocenters. The summed E-state index contributed by atoms with van der Waals surface area (Å²) in [6, 6.07) is 49.9. The van der Waals surface area contributed by atoms with Gasteiger partial charge in [-0.2, -0.15) is 0 Å². The zero-order chi connectivity index (χ0) is 35.3. The Kier molecular flexibility index (Phi) is 12.6. The van der Waals surface area contributed by atoms with E-state index in [0.29, 0.717) is 13.2 Å². The molecule has 51 heavy (non-hydrogen) atoms. The summed E-state index contributed by atoms with van der Waals surface area (Å²) in [6.45, 7) is 5.46. The second-order valence-electron chi connectivity index (χ2n) is 12.2. The number of ether oxygens (including phenoxy) is 1. The quantitative estimate of drug-likeness (QED) is 0.0816. The van der Waals surface area contributed by atoms with Crippen molar-refractivity contribution in [1.29, 1.82) is 0 Å². The van der Waals surface area contributed by atoms with Gasteiger partial charge in [0.25, 0.3) is 0 Å². The second-order valence-corrected chi connectivity index (χ2v) is 16.2. The Morgan fingerprint density at radius 2 is 1.12 bits per heavy atom. The van der Waals surface area contributed by atoms with Crippen LogP contribution in [0.5, 0.6) is 0 Å². The molecule has 0 aromatic heterocycles. The van der Waals surface area contributed by atoms with Crippen LogP contribution in [-0.4, -0.2) is 13.2 Å². The number of allylic oxidation sites excluding steroid dienone is 6. The smallest absolute Gasteiger partial charge is 0.0459 e. The van der Waals surface area contributed by atoms with Crippen molar-refractivity contribution in [2.45, 2.75) is 20.3 Å². The average Bonchev–Trinajstić information content (AvgIpc) is 3.63. The van der Waals surface area contributed by atoms with Gasteiger partial charge in [-0.05, 0) is 24.6 Å². The van der Waals surface area contributed by atoms with Gasteiger partial charge in [0.05, 0.1) is 0 Å². The van der Waals surface area contributed by atoms with Crippen molar-refractivity contribution >= 4 is 35.3 Å². The number of hydrogen-bond acceptors (Lipinski definition) is 1. The fourth-order valence-corrected chi connectivity index (χ4v) is 12.2. The number of benzene rings is 5. The summed E-state index contributed by atoms with van der Waals surface area (Å²) in [4.78, 5) is 0. The summed E-state index contributed by atoms with van der Waals surface area (Å²) in [5.41, 5.74) is 7.92. The van der Waals surface area contributed by atoms with Gasteiger partial charge < -0.3 is 0 Å². The van der Waals surface area contributed by atoms with Crippen molar-refractivity contribution in [3.05, 3.63) is 208 Å². The number of hydrogen-bond donors (Lipinski definition) is 0. The molecule has 5 aromatic rings.